The van der Waals surface area contributed by atoms with Crippen LogP contribution in [0.3, 0.4) is 0 Å². The molecule has 0 fully saturated rings. The number of aromatic nitrogens is 3. The number of nitrogens with zero attached hydrogens (tertiary/aromatic N) is 4. The minimum atomic E-state index is 0.542. The summed E-state index contributed by atoms with van der Waals surface area (Å²) in [5.41, 5.74) is 0.542. The summed E-state index contributed by atoms with van der Waals surface area (Å²) in [5, 5.41) is 18.0. The molecular weight excluding hydrogens is 244 g/mol. The number of halogens is 1. The van der Waals surface area contributed by atoms with Crippen LogP contribution in [0.4, 0.5) is 0 Å². The Bertz CT molecular complexity index is 558. The van der Waals surface area contributed by atoms with E-state index in [-0.39, 0.29) is 0 Å². The van der Waals surface area contributed by atoms with Crippen molar-refractivity contribution >= 4 is 23.4 Å². The Balaban J connectivity index is 2.36. The monoisotopic (exact) mass is 250 g/mol. The fraction of sp³-hybridized carbons (Fsp3) is 0.100. The van der Waals surface area contributed by atoms with Gasteiger partial charge in [-0.1, -0.05) is 11.6 Å². The first kappa shape index (κ1) is 11.0. The van der Waals surface area contributed by atoms with Crippen LogP contribution in [0.15, 0.2) is 34.6 Å². The van der Waals surface area contributed by atoms with Gasteiger partial charge < -0.3 is 4.57 Å². The van der Waals surface area contributed by atoms with Gasteiger partial charge >= 0.3 is 0 Å². The fourth-order valence-electron chi connectivity index (χ4n) is 1.14. The van der Waals surface area contributed by atoms with E-state index in [1.807, 2.05) is 7.05 Å². The minimum Gasteiger partial charge on any atom is -0.311 e. The van der Waals surface area contributed by atoms with Crippen LogP contribution in [-0.2, 0) is 7.05 Å². The molecule has 6 heteroatoms. The van der Waals surface area contributed by atoms with Crippen LogP contribution in [0, 0.1) is 11.3 Å². The molecule has 0 bridgehead atoms. The van der Waals surface area contributed by atoms with Crippen molar-refractivity contribution < 1.29 is 0 Å². The predicted molar refractivity (Wildman–Crippen MR) is 61.3 cm³/mol. The molecule has 0 spiro atoms. The van der Waals surface area contributed by atoms with E-state index in [9.17, 15) is 0 Å². The van der Waals surface area contributed by atoms with Crippen molar-refractivity contribution in [3.63, 3.8) is 0 Å². The highest BCUT2D eigenvalue weighted by Gasteiger charge is 2.08. The third-order valence-electron chi connectivity index (χ3n) is 1.93. The van der Waals surface area contributed by atoms with Crippen LogP contribution in [0.5, 0.6) is 0 Å². The Morgan fingerprint density at radius 2 is 2.31 bits per heavy atom. The summed E-state index contributed by atoms with van der Waals surface area (Å²) in [5.74, 6) is 0. The van der Waals surface area contributed by atoms with E-state index in [0.717, 1.165) is 10.1 Å². The maximum atomic E-state index is 8.98. The molecule has 0 saturated heterocycles. The molecule has 80 valence electrons. The van der Waals surface area contributed by atoms with Gasteiger partial charge in [-0.05, 0) is 30.0 Å². The molecule has 1 aromatic carbocycles. The van der Waals surface area contributed by atoms with Crippen LogP contribution in [0.25, 0.3) is 0 Å². The predicted octanol–water partition coefficient (Wildman–Crippen LogP) is 2.49. The summed E-state index contributed by atoms with van der Waals surface area (Å²) in [4.78, 5) is 0.822. The lowest BCUT2D eigenvalue weighted by atomic mass is 10.2. The van der Waals surface area contributed by atoms with Crippen LogP contribution in [0.2, 0.25) is 5.02 Å². The van der Waals surface area contributed by atoms with Gasteiger partial charge in [0, 0.05) is 17.0 Å². The van der Waals surface area contributed by atoms with Gasteiger partial charge in [0.15, 0.2) is 5.16 Å². The third-order valence-corrected chi connectivity index (χ3v) is 3.30. The summed E-state index contributed by atoms with van der Waals surface area (Å²) in [6.07, 6.45) is 1.62. The SMILES string of the molecule is Cn1cnnc1Sc1ccc(Cl)cc1C#N. The van der Waals surface area contributed by atoms with E-state index < -0.39 is 0 Å². The molecule has 0 unspecified atom stereocenters. The van der Waals surface area contributed by atoms with Crippen molar-refractivity contribution in [1.82, 2.24) is 14.8 Å². The van der Waals surface area contributed by atoms with Gasteiger partial charge in [-0.3, -0.25) is 0 Å². The zero-order valence-corrected chi connectivity index (χ0v) is 9.96. The zero-order chi connectivity index (χ0) is 11.5. The van der Waals surface area contributed by atoms with E-state index in [1.54, 1.807) is 29.1 Å². The normalized spacial score (nSPS) is 10.1. The molecule has 16 heavy (non-hydrogen) atoms. The average Bonchev–Trinajstić information content (AvgIpc) is 2.67. The highest BCUT2D eigenvalue weighted by Crippen LogP contribution is 2.29. The molecule has 0 aliphatic rings. The van der Waals surface area contributed by atoms with Crippen LogP contribution < -0.4 is 0 Å². The number of hydrogen-bond donors (Lipinski definition) is 0. The smallest absolute Gasteiger partial charge is 0.195 e. The number of nitriles is 1. The number of rotatable bonds is 2. The van der Waals surface area contributed by atoms with Gasteiger partial charge in [-0.25, -0.2) is 0 Å². The zero-order valence-electron chi connectivity index (χ0n) is 8.38. The lowest BCUT2D eigenvalue weighted by Gasteiger charge is -2.02. The second kappa shape index (κ2) is 4.56. The van der Waals surface area contributed by atoms with Crippen molar-refractivity contribution in [1.29, 1.82) is 5.26 Å². The molecule has 0 aliphatic carbocycles. The molecule has 0 N–H and O–H groups in total. The molecule has 2 rings (SSSR count). The van der Waals surface area contributed by atoms with Crippen molar-refractivity contribution in [2.75, 3.05) is 0 Å². The summed E-state index contributed by atoms with van der Waals surface area (Å²) < 4.78 is 1.79. The molecule has 0 aliphatic heterocycles. The van der Waals surface area contributed by atoms with E-state index in [4.69, 9.17) is 16.9 Å². The van der Waals surface area contributed by atoms with E-state index in [1.165, 1.54) is 11.8 Å². The Morgan fingerprint density at radius 1 is 1.50 bits per heavy atom. The van der Waals surface area contributed by atoms with Gasteiger partial charge in [-0.15, -0.1) is 10.2 Å². The largest absolute Gasteiger partial charge is 0.311 e. The lowest BCUT2D eigenvalue weighted by Crippen LogP contribution is -1.89. The number of benzene rings is 1. The minimum absolute atomic E-state index is 0.542. The summed E-state index contributed by atoms with van der Waals surface area (Å²) in [6.45, 7) is 0. The first-order chi connectivity index (χ1) is 7.70. The first-order valence-electron chi connectivity index (χ1n) is 4.42. The van der Waals surface area contributed by atoms with Crippen molar-refractivity contribution in [2.24, 2.45) is 7.05 Å². The quantitative estimate of drug-likeness (QED) is 0.822. The van der Waals surface area contributed by atoms with Gasteiger partial charge in [-0.2, -0.15) is 5.26 Å². The van der Waals surface area contributed by atoms with E-state index >= 15 is 0 Å². The number of aryl methyl sites for hydroxylation is 1. The highest BCUT2D eigenvalue weighted by molar-refractivity contribution is 7.99. The summed E-state index contributed by atoms with van der Waals surface area (Å²) in [6, 6.07) is 7.30. The summed E-state index contributed by atoms with van der Waals surface area (Å²) in [7, 11) is 1.85. The highest BCUT2D eigenvalue weighted by atomic mass is 35.5. The lowest BCUT2D eigenvalue weighted by molar-refractivity contribution is 0.788. The topological polar surface area (TPSA) is 54.5 Å². The Morgan fingerprint density at radius 3 is 2.94 bits per heavy atom. The van der Waals surface area contributed by atoms with Crippen molar-refractivity contribution in [3.05, 3.63) is 35.1 Å². The molecule has 0 radical (unpaired) electrons. The molecule has 0 amide bonds. The summed E-state index contributed by atoms with van der Waals surface area (Å²) >= 11 is 7.20. The molecule has 4 nitrogen and oxygen atoms in total. The molecule has 0 atom stereocenters. The Hall–Kier alpha value is -1.51. The molecule has 2 aromatic rings. The third kappa shape index (κ3) is 2.18. The second-order valence-corrected chi connectivity index (χ2v) is 4.52. The standard InChI is InChI=1S/C10H7ClN4S/c1-15-6-13-14-10(15)16-9-3-2-8(11)4-7(9)5-12/h2-4,6H,1H3. The van der Waals surface area contributed by atoms with E-state index in [0.29, 0.717) is 10.6 Å². The van der Waals surface area contributed by atoms with Gasteiger partial charge in [0.1, 0.15) is 12.4 Å². The van der Waals surface area contributed by atoms with Crippen LogP contribution in [0.1, 0.15) is 5.56 Å². The van der Waals surface area contributed by atoms with Crippen molar-refractivity contribution in [3.8, 4) is 6.07 Å². The van der Waals surface area contributed by atoms with Crippen molar-refractivity contribution in [2.45, 2.75) is 10.1 Å². The van der Waals surface area contributed by atoms with Gasteiger partial charge in [0.05, 0.1) is 5.56 Å². The molecule has 0 saturated carbocycles. The molecule has 1 aromatic heterocycles. The molecule has 1 heterocycles. The first-order valence-corrected chi connectivity index (χ1v) is 5.61. The Kier molecular flexibility index (Phi) is 3.13. The number of hydrogen-bond acceptors (Lipinski definition) is 4. The molecular formula is C10H7ClN4S. The maximum absolute atomic E-state index is 8.98. The Labute approximate surface area is 102 Å². The fourth-order valence-corrected chi connectivity index (χ4v) is 2.14. The van der Waals surface area contributed by atoms with Crippen LogP contribution in [-0.4, -0.2) is 14.8 Å². The van der Waals surface area contributed by atoms with Gasteiger partial charge in [0.25, 0.3) is 0 Å². The van der Waals surface area contributed by atoms with Gasteiger partial charge in [0.2, 0.25) is 0 Å². The average molecular weight is 251 g/mol. The van der Waals surface area contributed by atoms with Crippen LogP contribution >= 0.6 is 23.4 Å². The van der Waals surface area contributed by atoms with E-state index in [2.05, 4.69) is 16.3 Å². The second-order valence-electron chi connectivity index (χ2n) is 3.08. The maximum Gasteiger partial charge on any atom is 0.195 e.